The summed E-state index contributed by atoms with van der Waals surface area (Å²) in [6.45, 7) is 0.929. The minimum absolute atomic E-state index is 0.333. The van der Waals surface area contributed by atoms with Gasteiger partial charge in [0.05, 0.1) is 13.2 Å². The normalized spacial score (nSPS) is 45.6. The maximum absolute atomic E-state index is 11.3. The molecule has 0 aromatic heterocycles. The predicted octanol–water partition coefficient (Wildman–Crippen LogP) is -5.15. The molecule has 0 aromatic carbocycles. The highest BCUT2D eigenvalue weighted by molar-refractivity contribution is 5.66. The summed E-state index contributed by atoms with van der Waals surface area (Å²) in [5.74, 6) is -1.42. The van der Waals surface area contributed by atoms with Gasteiger partial charge in [-0.1, -0.05) is 0 Å². The zero-order chi connectivity index (χ0) is 26.7. The fourth-order valence-corrected chi connectivity index (χ4v) is 3.94. The molecule has 16 nitrogen and oxygen atoms in total. The maximum Gasteiger partial charge on any atom is 0.303 e. The summed E-state index contributed by atoms with van der Waals surface area (Å²) in [5.41, 5.74) is 0. The molecule has 3 saturated heterocycles. The predicted molar refractivity (Wildman–Crippen MR) is 108 cm³/mol. The van der Waals surface area contributed by atoms with Gasteiger partial charge in [0, 0.05) is 13.8 Å². The van der Waals surface area contributed by atoms with E-state index in [-0.39, 0.29) is 6.61 Å². The van der Waals surface area contributed by atoms with Crippen molar-refractivity contribution < 1.29 is 78.5 Å². The lowest BCUT2D eigenvalue weighted by atomic mass is 9.98. The van der Waals surface area contributed by atoms with Crippen LogP contribution in [0.15, 0.2) is 0 Å². The molecule has 0 aromatic rings. The second-order valence-corrected chi connectivity index (χ2v) is 8.64. The quantitative estimate of drug-likeness (QED) is 0.153. The largest absolute Gasteiger partial charge is 0.463 e. The van der Waals surface area contributed by atoms with Crippen molar-refractivity contribution in [1.82, 2.24) is 0 Å². The fraction of sp³-hybridized carbons (Fsp3) is 0.900. The van der Waals surface area contributed by atoms with Crippen LogP contribution in [0, 0.1) is 0 Å². The number of hydrogen-bond acceptors (Lipinski definition) is 16. The average Bonchev–Trinajstić information content (AvgIpc) is 2.81. The Hall–Kier alpha value is -1.54. The number of aliphatic hydroxyl groups is 7. The monoisotopic (exact) mass is 528 g/mol. The van der Waals surface area contributed by atoms with E-state index in [0.717, 1.165) is 13.8 Å². The molecule has 208 valence electrons. The number of aliphatic hydroxyl groups excluding tert-OH is 7. The maximum atomic E-state index is 11.3. The van der Waals surface area contributed by atoms with E-state index in [4.69, 9.17) is 33.2 Å². The molecule has 0 radical (unpaired) electrons. The molecular formula is C20H32O16. The number of carbonyl (C=O) groups excluding carboxylic acids is 2. The summed E-state index contributed by atoms with van der Waals surface area (Å²) >= 11 is 0. The molecule has 7 N–H and O–H groups in total. The SMILES string of the molecule is CC(=O)OC[C@H]1O[C@@H](O[C@H]2[C@H](O[C@H]3C(O)OC[C@@H](OC(C)=O)[C@@H]3O)OC[C@@H](O)[C@@H]2O)[C@H](O)[C@@H](O)[C@@H]1O. The van der Waals surface area contributed by atoms with E-state index in [1.54, 1.807) is 0 Å². The van der Waals surface area contributed by atoms with Crippen LogP contribution >= 0.6 is 0 Å². The van der Waals surface area contributed by atoms with Gasteiger partial charge >= 0.3 is 11.9 Å². The van der Waals surface area contributed by atoms with Gasteiger partial charge in [-0.05, 0) is 0 Å². The van der Waals surface area contributed by atoms with Crippen LogP contribution in [0.3, 0.4) is 0 Å². The van der Waals surface area contributed by atoms with Crippen LogP contribution in [0.5, 0.6) is 0 Å². The first-order valence-corrected chi connectivity index (χ1v) is 11.2. The zero-order valence-electron chi connectivity index (χ0n) is 19.4. The van der Waals surface area contributed by atoms with Crippen molar-refractivity contribution in [1.29, 1.82) is 0 Å². The third kappa shape index (κ3) is 6.66. The molecule has 36 heavy (non-hydrogen) atoms. The lowest BCUT2D eigenvalue weighted by Gasteiger charge is -2.46. The molecular weight excluding hydrogens is 496 g/mol. The smallest absolute Gasteiger partial charge is 0.303 e. The Kier molecular flexibility index (Phi) is 9.94. The van der Waals surface area contributed by atoms with Gasteiger partial charge in [0.1, 0.15) is 61.5 Å². The fourth-order valence-electron chi connectivity index (χ4n) is 3.94. The molecule has 0 bridgehead atoms. The van der Waals surface area contributed by atoms with Crippen LogP contribution in [0.4, 0.5) is 0 Å². The Morgan fingerprint density at radius 3 is 2.06 bits per heavy atom. The van der Waals surface area contributed by atoms with Gasteiger partial charge in [0.15, 0.2) is 25.0 Å². The van der Waals surface area contributed by atoms with E-state index in [9.17, 15) is 45.3 Å². The molecule has 13 atom stereocenters. The standard InChI is InChI=1S/C20H32O16/c1-6(21)30-4-9-12(25)14(27)15(28)19(34-9)36-17-11(24)8(23)3-32-20(17)35-16-13(26)10(33-7(2)22)5-31-18(16)29/h8-20,23-29H,3-5H2,1-2H3/t8-,9-,10-,11+,12-,13+,14+,15-,16-,17-,18?,19+,20+/m1/s1. The summed E-state index contributed by atoms with van der Waals surface area (Å²) < 4.78 is 36.7. The summed E-state index contributed by atoms with van der Waals surface area (Å²) in [6, 6.07) is 0. The molecule has 3 heterocycles. The number of ether oxygens (including phenoxy) is 7. The van der Waals surface area contributed by atoms with Crippen molar-refractivity contribution in [2.45, 2.75) is 93.8 Å². The highest BCUT2D eigenvalue weighted by atomic mass is 16.8. The summed E-state index contributed by atoms with van der Waals surface area (Å²) in [7, 11) is 0. The Bertz CT molecular complexity index is 751. The van der Waals surface area contributed by atoms with Crippen LogP contribution in [-0.2, 0) is 42.7 Å². The first-order valence-electron chi connectivity index (χ1n) is 11.2. The Balaban J connectivity index is 1.75. The first kappa shape index (κ1) is 29.0. The van der Waals surface area contributed by atoms with Crippen molar-refractivity contribution >= 4 is 11.9 Å². The van der Waals surface area contributed by atoms with Crippen molar-refractivity contribution in [3.8, 4) is 0 Å². The van der Waals surface area contributed by atoms with Crippen molar-refractivity contribution in [2.24, 2.45) is 0 Å². The van der Waals surface area contributed by atoms with E-state index in [2.05, 4.69) is 0 Å². The van der Waals surface area contributed by atoms with E-state index < -0.39 is 105 Å². The van der Waals surface area contributed by atoms with Gasteiger partial charge < -0.3 is 68.9 Å². The van der Waals surface area contributed by atoms with Crippen LogP contribution in [-0.4, -0.2) is 147 Å². The first-order chi connectivity index (χ1) is 16.9. The van der Waals surface area contributed by atoms with Crippen LogP contribution < -0.4 is 0 Å². The Labute approximate surface area is 204 Å². The zero-order valence-corrected chi connectivity index (χ0v) is 19.4. The van der Waals surface area contributed by atoms with Crippen LogP contribution in [0.2, 0.25) is 0 Å². The molecule has 0 aliphatic carbocycles. The summed E-state index contributed by atoms with van der Waals surface area (Å²) in [4.78, 5) is 22.4. The number of hydrogen-bond donors (Lipinski definition) is 7. The highest BCUT2D eigenvalue weighted by Gasteiger charge is 2.51. The second-order valence-electron chi connectivity index (χ2n) is 8.64. The number of esters is 2. The van der Waals surface area contributed by atoms with E-state index in [1.165, 1.54) is 0 Å². The summed E-state index contributed by atoms with van der Waals surface area (Å²) in [5, 5.41) is 72.0. The van der Waals surface area contributed by atoms with Gasteiger partial charge in [-0.2, -0.15) is 0 Å². The molecule has 3 rings (SSSR count). The summed E-state index contributed by atoms with van der Waals surface area (Å²) in [6.07, 6.45) is -20.9. The molecule has 0 saturated carbocycles. The molecule has 16 heteroatoms. The van der Waals surface area contributed by atoms with Gasteiger partial charge in [-0.15, -0.1) is 0 Å². The Morgan fingerprint density at radius 1 is 0.750 bits per heavy atom. The minimum atomic E-state index is -1.86. The third-order valence-electron chi connectivity index (χ3n) is 5.88. The van der Waals surface area contributed by atoms with Crippen LogP contribution in [0.25, 0.3) is 0 Å². The molecule has 0 spiro atoms. The second kappa shape index (κ2) is 12.3. The van der Waals surface area contributed by atoms with Gasteiger partial charge in [0.25, 0.3) is 0 Å². The van der Waals surface area contributed by atoms with Crippen LogP contribution in [0.1, 0.15) is 13.8 Å². The minimum Gasteiger partial charge on any atom is -0.463 e. The lowest BCUT2D eigenvalue weighted by Crippen LogP contribution is -2.64. The Morgan fingerprint density at radius 2 is 1.42 bits per heavy atom. The van der Waals surface area contributed by atoms with Crippen molar-refractivity contribution in [2.75, 3.05) is 19.8 Å². The van der Waals surface area contributed by atoms with Crippen molar-refractivity contribution in [3.05, 3.63) is 0 Å². The van der Waals surface area contributed by atoms with Gasteiger partial charge in [0.2, 0.25) is 0 Å². The number of carbonyl (C=O) groups is 2. The van der Waals surface area contributed by atoms with E-state index in [1.807, 2.05) is 0 Å². The highest BCUT2D eigenvalue weighted by Crippen LogP contribution is 2.30. The number of rotatable bonds is 7. The van der Waals surface area contributed by atoms with Gasteiger partial charge in [-0.3, -0.25) is 9.59 Å². The molecule has 3 aliphatic heterocycles. The molecule has 3 aliphatic rings. The topological polar surface area (TPSA) is 240 Å². The average molecular weight is 528 g/mol. The van der Waals surface area contributed by atoms with E-state index >= 15 is 0 Å². The molecule has 1 unspecified atom stereocenters. The van der Waals surface area contributed by atoms with Crippen molar-refractivity contribution in [3.63, 3.8) is 0 Å². The third-order valence-corrected chi connectivity index (χ3v) is 5.88. The van der Waals surface area contributed by atoms with Gasteiger partial charge in [-0.25, -0.2) is 0 Å². The molecule has 3 fully saturated rings. The van der Waals surface area contributed by atoms with E-state index in [0.29, 0.717) is 0 Å². The lowest BCUT2D eigenvalue weighted by molar-refractivity contribution is -0.376. The molecule has 0 amide bonds.